The van der Waals surface area contributed by atoms with Crippen LogP contribution in [-0.2, 0) is 9.53 Å². The summed E-state index contributed by atoms with van der Waals surface area (Å²) < 4.78 is 44.8. The lowest BCUT2D eigenvalue weighted by molar-refractivity contribution is -0.298. The molecule has 0 aromatic carbocycles. The van der Waals surface area contributed by atoms with Gasteiger partial charge < -0.3 is 9.64 Å². The van der Waals surface area contributed by atoms with E-state index in [1.165, 1.54) is 11.3 Å². The zero-order valence-corrected chi connectivity index (χ0v) is 12.5. The Morgan fingerprint density at radius 1 is 1.60 bits per heavy atom. The summed E-state index contributed by atoms with van der Waals surface area (Å²) in [5, 5.41) is 1.72. The average molecular weight is 348 g/mol. The highest BCUT2D eigenvalue weighted by Crippen LogP contribution is 2.46. The molecule has 0 bridgehead atoms. The molecule has 1 aromatic rings. The summed E-state index contributed by atoms with van der Waals surface area (Å²) in [6, 6.07) is 3.35. The molecule has 0 saturated carbocycles. The van der Waals surface area contributed by atoms with E-state index in [1.54, 1.807) is 17.5 Å². The monoisotopic (exact) mass is 347 g/mol. The average Bonchev–Trinajstić information content (AvgIpc) is 2.94. The van der Waals surface area contributed by atoms with E-state index < -0.39 is 28.7 Å². The number of hydrogen-bond acceptors (Lipinski definition) is 3. The minimum Gasteiger partial charge on any atom is -0.337 e. The van der Waals surface area contributed by atoms with Gasteiger partial charge in [0.15, 0.2) is 4.84 Å². The summed E-state index contributed by atoms with van der Waals surface area (Å²) in [5.41, 5.74) is -2.74. The number of rotatable bonds is 2. The lowest BCUT2D eigenvalue weighted by atomic mass is 10.2. The Kier molecular flexibility index (Phi) is 4.26. The molecule has 1 aliphatic rings. The standard InChI is InChI=1S/C11H10Cl2F3NO2S/c1-10(11(14,15)16)17(9(18)8(12)13)5-6(19-10)7-3-2-4-20-7/h2-4,6,8H,5H2,1H3. The van der Waals surface area contributed by atoms with Crippen LogP contribution in [0, 0.1) is 0 Å². The van der Waals surface area contributed by atoms with Crippen molar-refractivity contribution in [2.45, 2.75) is 29.8 Å². The van der Waals surface area contributed by atoms with Crippen LogP contribution in [0.15, 0.2) is 17.5 Å². The van der Waals surface area contributed by atoms with Gasteiger partial charge in [0.05, 0.1) is 6.54 Å². The maximum atomic E-state index is 13.2. The number of hydrogen-bond donors (Lipinski definition) is 0. The molecule has 0 spiro atoms. The van der Waals surface area contributed by atoms with Gasteiger partial charge in [-0.15, -0.1) is 11.3 Å². The lowest BCUT2D eigenvalue weighted by Crippen LogP contribution is -2.57. The summed E-state index contributed by atoms with van der Waals surface area (Å²) in [7, 11) is 0. The van der Waals surface area contributed by atoms with Crippen molar-refractivity contribution in [1.29, 1.82) is 0 Å². The molecule has 1 aliphatic heterocycles. The number of halogens is 5. The van der Waals surface area contributed by atoms with Crippen molar-refractivity contribution < 1.29 is 22.7 Å². The molecule has 0 N–H and O–H groups in total. The van der Waals surface area contributed by atoms with Crippen LogP contribution >= 0.6 is 34.5 Å². The number of amides is 1. The molecular formula is C11H10Cl2F3NO2S. The van der Waals surface area contributed by atoms with Gasteiger partial charge in [-0.1, -0.05) is 29.3 Å². The van der Waals surface area contributed by atoms with Crippen molar-refractivity contribution in [3.05, 3.63) is 22.4 Å². The van der Waals surface area contributed by atoms with Crippen LogP contribution in [0.3, 0.4) is 0 Å². The molecule has 9 heteroatoms. The molecular weight excluding hydrogens is 338 g/mol. The zero-order chi connectivity index (χ0) is 15.1. The molecule has 0 aliphatic carbocycles. The third-order valence-corrected chi connectivity index (χ3v) is 4.41. The van der Waals surface area contributed by atoms with E-state index in [0.29, 0.717) is 9.78 Å². The van der Waals surface area contributed by atoms with Crippen LogP contribution in [0.25, 0.3) is 0 Å². The number of alkyl halides is 5. The second-order valence-electron chi connectivity index (χ2n) is 4.35. The normalized spacial score (nSPS) is 27.4. The van der Waals surface area contributed by atoms with Gasteiger partial charge in [0.2, 0.25) is 5.72 Å². The molecule has 3 nitrogen and oxygen atoms in total. The third kappa shape index (κ3) is 2.64. The van der Waals surface area contributed by atoms with Gasteiger partial charge >= 0.3 is 6.18 Å². The Bertz CT molecular complexity index is 494. The highest BCUT2D eigenvalue weighted by molar-refractivity contribution is 7.10. The first-order chi connectivity index (χ1) is 9.17. The first-order valence-corrected chi connectivity index (χ1v) is 7.29. The van der Waals surface area contributed by atoms with Gasteiger partial charge in [-0.05, 0) is 18.4 Å². The van der Waals surface area contributed by atoms with Crippen LogP contribution in [0.1, 0.15) is 17.9 Å². The summed E-state index contributed by atoms with van der Waals surface area (Å²) in [4.78, 5) is 11.4. The van der Waals surface area contributed by atoms with Crippen LogP contribution in [-0.4, -0.2) is 34.1 Å². The highest BCUT2D eigenvalue weighted by atomic mass is 35.5. The minimum atomic E-state index is -4.75. The van der Waals surface area contributed by atoms with E-state index >= 15 is 0 Å². The fraction of sp³-hybridized carbons (Fsp3) is 0.545. The molecule has 2 atom stereocenters. The van der Waals surface area contributed by atoms with E-state index in [4.69, 9.17) is 27.9 Å². The van der Waals surface area contributed by atoms with E-state index in [0.717, 1.165) is 6.92 Å². The Labute approximate surface area is 127 Å². The predicted molar refractivity (Wildman–Crippen MR) is 69.8 cm³/mol. The van der Waals surface area contributed by atoms with Crippen LogP contribution in [0.5, 0.6) is 0 Å². The number of carbonyl (C=O) groups excluding carboxylic acids is 1. The van der Waals surface area contributed by atoms with Crippen molar-refractivity contribution in [2.75, 3.05) is 6.54 Å². The quantitative estimate of drug-likeness (QED) is 0.763. The van der Waals surface area contributed by atoms with Gasteiger partial charge in [0.1, 0.15) is 6.10 Å². The largest absolute Gasteiger partial charge is 0.436 e. The van der Waals surface area contributed by atoms with Crippen molar-refractivity contribution >= 4 is 40.4 Å². The van der Waals surface area contributed by atoms with Crippen LogP contribution in [0.4, 0.5) is 13.2 Å². The zero-order valence-electron chi connectivity index (χ0n) is 10.2. The Morgan fingerprint density at radius 3 is 2.70 bits per heavy atom. The molecule has 112 valence electrons. The molecule has 20 heavy (non-hydrogen) atoms. The lowest BCUT2D eigenvalue weighted by Gasteiger charge is -2.35. The van der Waals surface area contributed by atoms with Crippen molar-refractivity contribution in [3.63, 3.8) is 0 Å². The molecule has 1 saturated heterocycles. The Hall–Kier alpha value is -0.500. The smallest absolute Gasteiger partial charge is 0.337 e. The highest BCUT2D eigenvalue weighted by Gasteiger charge is 2.63. The molecule has 1 fully saturated rings. The van der Waals surface area contributed by atoms with Gasteiger partial charge in [-0.3, -0.25) is 4.79 Å². The summed E-state index contributed by atoms with van der Waals surface area (Å²) in [5.74, 6) is -1.02. The summed E-state index contributed by atoms with van der Waals surface area (Å²) in [6.45, 7) is 0.556. The first-order valence-electron chi connectivity index (χ1n) is 5.54. The number of ether oxygens (including phenoxy) is 1. The van der Waals surface area contributed by atoms with E-state index in [2.05, 4.69) is 0 Å². The van der Waals surface area contributed by atoms with Gasteiger partial charge in [-0.2, -0.15) is 13.2 Å². The summed E-state index contributed by atoms with van der Waals surface area (Å²) >= 11 is 12.1. The number of nitrogens with zero attached hydrogens (tertiary/aromatic N) is 1. The SMILES string of the molecule is CC1(C(F)(F)F)OC(c2cccs2)CN1C(=O)C(Cl)Cl. The molecule has 2 unspecified atom stereocenters. The first kappa shape index (κ1) is 15.9. The topological polar surface area (TPSA) is 29.5 Å². The molecule has 0 radical (unpaired) electrons. The fourth-order valence-corrected chi connectivity index (χ4v) is 2.96. The second kappa shape index (κ2) is 5.36. The second-order valence-corrected chi connectivity index (χ2v) is 6.43. The van der Waals surface area contributed by atoms with Crippen molar-refractivity contribution in [2.24, 2.45) is 0 Å². The van der Waals surface area contributed by atoms with E-state index in [9.17, 15) is 18.0 Å². The Morgan fingerprint density at radius 2 is 2.25 bits per heavy atom. The fourth-order valence-electron chi connectivity index (χ4n) is 1.98. The van der Waals surface area contributed by atoms with Gasteiger partial charge in [0.25, 0.3) is 5.91 Å². The molecule has 2 heterocycles. The number of thiophene rings is 1. The molecule has 2 rings (SSSR count). The molecule has 1 aromatic heterocycles. The van der Waals surface area contributed by atoms with E-state index in [-0.39, 0.29) is 6.54 Å². The third-order valence-electron chi connectivity index (χ3n) is 3.07. The number of carbonyl (C=O) groups is 1. The predicted octanol–water partition coefficient (Wildman–Crippen LogP) is 3.73. The van der Waals surface area contributed by atoms with E-state index in [1.807, 2.05) is 0 Å². The van der Waals surface area contributed by atoms with Gasteiger partial charge in [0, 0.05) is 4.88 Å². The summed E-state index contributed by atoms with van der Waals surface area (Å²) in [6.07, 6.45) is -5.60. The van der Waals surface area contributed by atoms with Gasteiger partial charge in [-0.25, -0.2) is 0 Å². The Balaban J connectivity index is 2.35. The molecule has 1 amide bonds. The van der Waals surface area contributed by atoms with Crippen molar-refractivity contribution in [3.8, 4) is 0 Å². The minimum absolute atomic E-state index is 0.245. The maximum absolute atomic E-state index is 13.2. The van der Waals surface area contributed by atoms with Crippen molar-refractivity contribution in [1.82, 2.24) is 4.90 Å². The maximum Gasteiger partial charge on any atom is 0.436 e. The van der Waals surface area contributed by atoms with Crippen LogP contribution < -0.4 is 0 Å². The van der Waals surface area contributed by atoms with Crippen LogP contribution in [0.2, 0.25) is 0 Å².